The van der Waals surface area contributed by atoms with E-state index in [1.807, 2.05) is 6.07 Å². The lowest BCUT2D eigenvalue weighted by Crippen LogP contribution is -2.37. The number of benzene rings is 2. The van der Waals surface area contributed by atoms with Crippen LogP contribution in [0.3, 0.4) is 0 Å². The van der Waals surface area contributed by atoms with Gasteiger partial charge in [-0.3, -0.25) is 4.79 Å². The van der Waals surface area contributed by atoms with Crippen LogP contribution in [0, 0.1) is 0 Å². The van der Waals surface area contributed by atoms with E-state index in [9.17, 15) is 18.0 Å². The molecule has 2 rings (SSSR count). The first-order valence-corrected chi connectivity index (χ1v) is 9.91. The van der Waals surface area contributed by atoms with Gasteiger partial charge in [0.25, 0.3) is 5.91 Å². The monoisotopic (exact) mass is 395 g/mol. The van der Waals surface area contributed by atoms with Crippen molar-refractivity contribution in [2.24, 2.45) is 0 Å². The van der Waals surface area contributed by atoms with E-state index in [0.717, 1.165) is 12.3 Å². The summed E-state index contributed by atoms with van der Waals surface area (Å²) in [4.78, 5) is 26.1. The third-order valence-corrected chi connectivity index (χ3v) is 5.13. The summed E-state index contributed by atoms with van der Waals surface area (Å²) < 4.78 is 28.5. The molecule has 0 aliphatic heterocycles. The van der Waals surface area contributed by atoms with Gasteiger partial charge in [0.2, 0.25) is 0 Å². The first kappa shape index (κ1) is 19.9. The van der Waals surface area contributed by atoms with Crippen LogP contribution in [0.4, 0.5) is 5.69 Å². The van der Waals surface area contributed by atoms with Crippen LogP contribution in [-0.2, 0) is 19.4 Å². The lowest BCUT2D eigenvalue weighted by molar-refractivity contribution is -0.126. The summed E-state index contributed by atoms with van der Waals surface area (Å²) in [6, 6.07) is 12.6. The van der Waals surface area contributed by atoms with Crippen LogP contribution >= 0.6 is 11.6 Å². The van der Waals surface area contributed by atoms with Crippen molar-refractivity contribution >= 4 is 39.0 Å². The number of carbonyl (C=O) groups excluding carboxylic acids is 2. The van der Waals surface area contributed by atoms with E-state index < -0.39 is 27.8 Å². The number of para-hydroxylation sites is 1. The van der Waals surface area contributed by atoms with Gasteiger partial charge in [0.15, 0.2) is 15.9 Å². The number of anilines is 1. The number of rotatable bonds is 5. The van der Waals surface area contributed by atoms with E-state index in [4.69, 9.17) is 16.3 Å². The second-order valence-corrected chi connectivity index (χ2v) is 8.12. The summed E-state index contributed by atoms with van der Waals surface area (Å²) in [7, 11) is -1.94. The van der Waals surface area contributed by atoms with Crippen molar-refractivity contribution in [3.63, 3.8) is 0 Å². The first-order chi connectivity index (χ1) is 12.1. The molecule has 0 spiro atoms. The number of hydrogen-bond acceptors (Lipinski definition) is 5. The molecule has 6 nitrogen and oxygen atoms in total. The molecule has 26 heavy (non-hydrogen) atoms. The van der Waals surface area contributed by atoms with Crippen LogP contribution in [0.15, 0.2) is 53.4 Å². The Morgan fingerprint density at radius 3 is 2.31 bits per heavy atom. The van der Waals surface area contributed by atoms with Crippen LogP contribution in [0.5, 0.6) is 0 Å². The summed E-state index contributed by atoms with van der Waals surface area (Å²) in [5.41, 5.74) is 0.536. The molecule has 0 aromatic heterocycles. The quantitative estimate of drug-likeness (QED) is 0.727. The normalized spacial score (nSPS) is 12.3. The number of sulfone groups is 1. The Labute approximate surface area is 157 Å². The molecule has 0 saturated carbocycles. The van der Waals surface area contributed by atoms with Gasteiger partial charge in [-0.25, -0.2) is 13.2 Å². The molecule has 0 radical (unpaired) electrons. The highest BCUT2D eigenvalue weighted by Crippen LogP contribution is 2.22. The number of hydrogen-bond donors (Lipinski definition) is 0. The topological polar surface area (TPSA) is 80.8 Å². The van der Waals surface area contributed by atoms with Gasteiger partial charge in [-0.1, -0.05) is 29.8 Å². The number of ether oxygens (including phenoxy) is 1. The van der Waals surface area contributed by atoms with E-state index in [1.165, 1.54) is 24.0 Å². The molecule has 138 valence electrons. The second-order valence-electron chi connectivity index (χ2n) is 5.69. The van der Waals surface area contributed by atoms with Gasteiger partial charge >= 0.3 is 5.97 Å². The zero-order valence-electron chi connectivity index (χ0n) is 14.5. The third kappa shape index (κ3) is 4.62. The summed E-state index contributed by atoms with van der Waals surface area (Å²) in [6.07, 6.45) is -0.0579. The fraction of sp³-hybridized carbons (Fsp3) is 0.222. The summed E-state index contributed by atoms with van der Waals surface area (Å²) in [5, 5.41) is 0.0402. The van der Waals surface area contributed by atoms with E-state index >= 15 is 0 Å². The molecule has 0 N–H and O–H groups in total. The number of halogens is 1. The molecule has 0 saturated heterocycles. The number of likely N-dealkylation sites (N-methyl/N-ethyl adjacent to an activating group) is 1. The van der Waals surface area contributed by atoms with Crippen LogP contribution in [0.2, 0.25) is 5.02 Å². The highest BCUT2D eigenvalue weighted by molar-refractivity contribution is 7.90. The minimum Gasteiger partial charge on any atom is -0.449 e. The molecule has 8 heteroatoms. The van der Waals surface area contributed by atoms with Gasteiger partial charge in [-0.05, 0) is 37.3 Å². The average molecular weight is 396 g/mol. The molecule has 0 bridgehead atoms. The molecule has 0 aliphatic carbocycles. The van der Waals surface area contributed by atoms with Crippen molar-refractivity contribution in [1.29, 1.82) is 0 Å². The Bertz CT molecular complexity index is 928. The standard InChI is InChI=1S/C18H18ClNO5S/c1-12(17(21)20(2)13-7-5-4-6-8-13)25-18(22)15-11-14(26(3,23)24)9-10-16(15)19/h4-12H,1-3H3. The smallest absolute Gasteiger partial charge is 0.340 e. The van der Waals surface area contributed by atoms with Crippen molar-refractivity contribution in [2.75, 3.05) is 18.2 Å². The number of carbonyl (C=O) groups is 2. The maximum atomic E-state index is 12.4. The van der Waals surface area contributed by atoms with Gasteiger partial charge in [0.1, 0.15) is 0 Å². The Morgan fingerprint density at radius 2 is 1.73 bits per heavy atom. The third-order valence-electron chi connectivity index (χ3n) is 3.69. The SMILES string of the molecule is CC(OC(=O)c1cc(S(C)(=O)=O)ccc1Cl)C(=O)N(C)c1ccccc1. The van der Waals surface area contributed by atoms with Crippen molar-refractivity contribution in [3.8, 4) is 0 Å². The van der Waals surface area contributed by atoms with Crippen LogP contribution in [-0.4, -0.2) is 39.7 Å². The fourth-order valence-electron chi connectivity index (χ4n) is 2.22. The molecule has 1 unspecified atom stereocenters. The van der Waals surface area contributed by atoms with Crippen molar-refractivity contribution in [1.82, 2.24) is 0 Å². The van der Waals surface area contributed by atoms with Crippen LogP contribution < -0.4 is 4.90 Å². The highest BCUT2D eigenvalue weighted by atomic mass is 35.5. The molecular weight excluding hydrogens is 378 g/mol. The minimum atomic E-state index is -3.51. The zero-order valence-corrected chi connectivity index (χ0v) is 16.0. The molecule has 0 aliphatic rings. The predicted octanol–water partition coefficient (Wildman–Crippen LogP) is 2.95. The van der Waals surface area contributed by atoms with Crippen LogP contribution in [0.1, 0.15) is 17.3 Å². The molecule has 0 heterocycles. The number of nitrogens with zero attached hydrogens (tertiary/aromatic N) is 1. The minimum absolute atomic E-state index is 0.0402. The Kier molecular flexibility index (Phi) is 6.05. The molecule has 2 aromatic rings. The van der Waals surface area contributed by atoms with Gasteiger partial charge < -0.3 is 9.64 Å². The van der Waals surface area contributed by atoms with Gasteiger partial charge in [0.05, 0.1) is 15.5 Å². The average Bonchev–Trinajstić information content (AvgIpc) is 2.60. The van der Waals surface area contributed by atoms with Gasteiger partial charge in [-0.15, -0.1) is 0 Å². The predicted molar refractivity (Wildman–Crippen MR) is 99.3 cm³/mol. The van der Waals surface area contributed by atoms with E-state index in [1.54, 1.807) is 31.3 Å². The maximum Gasteiger partial charge on any atom is 0.340 e. The van der Waals surface area contributed by atoms with Crippen molar-refractivity contribution < 1.29 is 22.7 Å². The molecule has 2 aromatic carbocycles. The molecular formula is C18H18ClNO5S. The number of amides is 1. The lowest BCUT2D eigenvalue weighted by Gasteiger charge is -2.21. The summed E-state index contributed by atoms with van der Waals surface area (Å²) in [6.45, 7) is 1.44. The first-order valence-electron chi connectivity index (χ1n) is 7.64. The van der Waals surface area contributed by atoms with Crippen LogP contribution in [0.25, 0.3) is 0 Å². The van der Waals surface area contributed by atoms with Crippen molar-refractivity contribution in [2.45, 2.75) is 17.9 Å². The van der Waals surface area contributed by atoms with Crippen molar-refractivity contribution in [3.05, 3.63) is 59.1 Å². The second kappa shape index (κ2) is 7.88. The number of esters is 1. The highest BCUT2D eigenvalue weighted by Gasteiger charge is 2.25. The van der Waals surface area contributed by atoms with Gasteiger partial charge in [0, 0.05) is 19.0 Å². The molecule has 1 atom stereocenters. The lowest BCUT2D eigenvalue weighted by atomic mass is 10.2. The molecule has 1 amide bonds. The van der Waals surface area contributed by atoms with E-state index in [-0.39, 0.29) is 15.5 Å². The zero-order chi connectivity index (χ0) is 19.5. The Balaban J connectivity index is 2.18. The molecule has 0 fully saturated rings. The van der Waals surface area contributed by atoms with Gasteiger partial charge in [-0.2, -0.15) is 0 Å². The summed E-state index contributed by atoms with van der Waals surface area (Å²) >= 11 is 5.97. The Morgan fingerprint density at radius 1 is 1.12 bits per heavy atom. The Hall–Kier alpha value is -2.38. The van der Waals surface area contributed by atoms with E-state index in [0.29, 0.717) is 5.69 Å². The fourth-order valence-corrected chi connectivity index (χ4v) is 3.06. The van der Waals surface area contributed by atoms with E-state index in [2.05, 4.69) is 0 Å². The largest absolute Gasteiger partial charge is 0.449 e. The maximum absolute atomic E-state index is 12.4. The summed E-state index contributed by atoms with van der Waals surface area (Å²) in [5.74, 6) is -1.30.